The largest absolute Gasteiger partial charge is 0.340 e. The number of halogens is 1. The van der Waals surface area contributed by atoms with Crippen molar-refractivity contribution >= 4 is 17.2 Å². The average molecular weight is 332 g/mol. The van der Waals surface area contributed by atoms with Crippen LogP contribution in [0.2, 0.25) is 0 Å². The van der Waals surface area contributed by atoms with Crippen LogP contribution < -0.4 is 0 Å². The minimum Gasteiger partial charge on any atom is -0.340 e. The van der Waals surface area contributed by atoms with E-state index in [2.05, 4.69) is 29.3 Å². The summed E-state index contributed by atoms with van der Waals surface area (Å²) in [6.45, 7) is 5.54. The first-order valence-electron chi connectivity index (χ1n) is 7.93. The summed E-state index contributed by atoms with van der Waals surface area (Å²) in [6, 6.07) is 10.8. The molecule has 0 saturated carbocycles. The Labute approximate surface area is 140 Å². The lowest BCUT2D eigenvalue weighted by Crippen LogP contribution is -2.49. The lowest BCUT2D eigenvalue weighted by molar-refractivity contribution is -0.132. The number of thiophene rings is 1. The molecule has 1 amide bonds. The fourth-order valence-electron chi connectivity index (χ4n) is 2.96. The van der Waals surface area contributed by atoms with Gasteiger partial charge in [-0.25, -0.2) is 4.39 Å². The number of carbonyl (C=O) groups excluding carboxylic acids is 1. The van der Waals surface area contributed by atoms with Crippen LogP contribution in [0.15, 0.2) is 41.8 Å². The smallest absolute Gasteiger partial charge is 0.227 e. The molecule has 1 saturated heterocycles. The topological polar surface area (TPSA) is 23.6 Å². The number of rotatable bonds is 4. The Morgan fingerprint density at radius 1 is 1.17 bits per heavy atom. The van der Waals surface area contributed by atoms with Gasteiger partial charge >= 0.3 is 0 Å². The molecular weight excluding hydrogens is 311 g/mol. The number of hydrogen-bond acceptors (Lipinski definition) is 3. The van der Waals surface area contributed by atoms with Crippen LogP contribution in [0.4, 0.5) is 4.39 Å². The summed E-state index contributed by atoms with van der Waals surface area (Å²) in [5, 5.41) is 2.11. The van der Waals surface area contributed by atoms with Gasteiger partial charge in [-0.3, -0.25) is 9.69 Å². The first-order valence-corrected chi connectivity index (χ1v) is 8.81. The second-order valence-electron chi connectivity index (χ2n) is 5.91. The molecule has 23 heavy (non-hydrogen) atoms. The van der Waals surface area contributed by atoms with Crippen LogP contribution in [0, 0.1) is 5.82 Å². The van der Waals surface area contributed by atoms with Gasteiger partial charge in [-0.15, -0.1) is 11.3 Å². The molecule has 0 spiro atoms. The highest BCUT2D eigenvalue weighted by atomic mass is 32.1. The van der Waals surface area contributed by atoms with E-state index in [1.165, 1.54) is 17.0 Å². The Bertz CT molecular complexity index is 634. The van der Waals surface area contributed by atoms with Crippen molar-refractivity contribution < 1.29 is 9.18 Å². The SMILES string of the molecule is CC(c1cccs1)N1CCN(C(=O)Cc2ccc(F)cc2)CC1. The quantitative estimate of drug-likeness (QED) is 0.857. The van der Waals surface area contributed by atoms with Crippen LogP contribution in [0.3, 0.4) is 0 Å². The van der Waals surface area contributed by atoms with Crippen molar-refractivity contribution in [1.82, 2.24) is 9.80 Å². The molecule has 3 nitrogen and oxygen atoms in total. The number of carbonyl (C=O) groups is 1. The molecule has 1 aromatic carbocycles. The number of hydrogen-bond donors (Lipinski definition) is 0. The van der Waals surface area contributed by atoms with E-state index < -0.39 is 0 Å². The van der Waals surface area contributed by atoms with Crippen LogP contribution in [0.5, 0.6) is 0 Å². The second-order valence-corrected chi connectivity index (χ2v) is 6.89. The van der Waals surface area contributed by atoms with Gasteiger partial charge in [-0.1, -0.05) is 18.2 Å². The van der Waals surface area contributed by atoms with E-state index >= 15 is 0 Å². The molecule has 1 aliphatic rings. The maximum Gasteiger partial charge on any atom is 0.227 e. The Kier molecular flexibility index (Phi) is 5.08. The number of amides is 1. The molecule has 1 aliphatic heterocycles. The summed E-state index contributed by atoms with van der Waals surface area (Å²) < 4.78 is 12.9. The highest BCUT2D eigenvalue weighted by Gasteiger charge is 2.25. The minimum atomic E-state index is -0.266. The van der Waals surface area contributed by atoms with Gasteiger partial charge in [0.2, 0.25) is 5.91 Å². The van der Waals surface area contributed by atoms with Crippen molar-refractivity contribution in [2.75, 3.05) is 26.2 Å². The van der Waals surface area contributed by atoms with Crippen LogP contribution in [0.25, 0.3) is 0 Å². The van der Waals surface area contributed by atoms with Crippen molar-refractivity contribution in [3.63, 3.8) is 0 Å². The molecule has 0 radical (unpaired) electrons. The van der Waals surface area contributed by atoms with Gasteiger partial charge in [0.25, 0.3) is 0 Å². The Morgan fingerprint density at radius 3 is 2.48 bits per heavy atom. The van der Waals surface area contributed by atoms with Gasteiger partial charge in [0.05, 0.1) is 6.42 Å². The predicted octanol–water partition coefficient (Wildman–Crippen LogP) is 3.34. The maximum absolute atomic E-state index is 12.9. The second kappa shape index (κ2) is 7.23. The van der Waals surface area contributed by atoms with Crippen molar-refractivity contribution in [3.05, 3.63) is 58.0 Å². The molecule has 0 bridgehead atoms. The Hall–Kier alpha value is -1.72. The van der Waals surface area contributed by atoms with E-state index in [9.17, 15) is 9.18 Å². The van der Waals surface area contributed by atoms with E-state index in [1.54, 1.807) is 23.5 Å². The highest BCUT2D eigenvalue weighted by molar-refractivity contribution is 7.10. The molecule has 0 N–H and O–H groups in total. The summed E-state index contributed by atoms with van der Waals surface area (Å²) >= 11 is 1.78. The predicted molar refractivity (Wildman–Crippen MR) is 91.0 cm³/mol. The number of piperazine rings is 1. The molecule has 0 aliphatic carbocycles. The van der Waals surface area contributed by atoms with Gasteiger partial charge in [0.1, 0.15) is 5.82 Å². The molecule has 2 heterocycles. The summed E-state index contributed by atoms with van der Waals surface area (Å²) in [7, 11) is 0. The van der Waals surface area contributed by atoms with E-state index in [0.717, 1.165) is 31.7 Å². The van der Waals surface area contributed by atoms with Gasteiger partial charge in [0.15, 0.2) is 0 Å². The standard InChI is InChI=1S/C18H21FN2OS/c1-14(17-3-2-12-23-17)20-8-10-21(11-9-20)18(22)13-15-4-6-16(19)7-5-15/h2-7,12,14H,8-11,13H2,1H3. The van der Waals surface area contributed by atoms with Crippen LogP contribution >= 0.6 is 11.3 Å². The van der Waals surface area contributed by atoms with Crippen LogP contribution in [-0.2, 0) is 11.2 Å². The zero-order valence-corrected chi connectivity index (χ0v) is 14.1. The van der Waals surface area contributed by atoms with Crippen molar-refractivity contribution in [3.8, 4) is 0 Å². The van der Waals surface area contributed by atoms with Crippen molar-refractivity contribution in [1.29, 1.82) is 0 Å². The lowest BCUT2D eigenvalue weighted by Gasteiger charge is -2.37. The van der Waals surface area contributed by atoms with Gasteiger partial charge < -0.3 is 4.90 Å². The number of benzene rings is 1. The molecule has 1 aromatic heterocycles. The van der Waals surface area contributed by atoms with Crippen LogP contribution in [-0.4, -0.2) is 41.9 Å². The minimum absolute atomic E-state index is 0.125. The zero-order valence-electron chi connectivity index (χ0n) is 13.2. The average Bonchev–Trinajstić information content (AvgIpc) is 3.11. The first-order chi connectivity index (χ1) is 11.1. The third-order valence-electron chi connectivity index (χ3n) is 4.44. The zero-order chi connectivity index (χ0) is 16.2. The summed E-state index contributed by atoms with van der Waals surface area (Å²) in [5.41, 5.74) is 0.866. The fourth-order valence-corrected chi connectivity index (χ4v) is 3.77. The van der Waals surface area contributed by atoms with E-state index in [1.807, 2.05) is 4.90 Å². The third kappa shape index (κ3) is 3.98. The molecule has 5 heteroatoms. The van der Waals surface area contributed by atoms with E-state index in [-0.39, 0.29) is 11.7 Å². The van der Waals surface area contributed by atoms with Crippen molar-refractivity contribution in [2.24, 2.45) is 0 Å². The van der Waals surface area contributed by atoms with E-state index in [4.69, 9.17) is 0 Å². The summed E-state index contributed by atoms with van der Waals surface area (Å²) in [5.74, 6) is -0.141. The van der Waals surface area contributed by atoms with Gasteiger partial charge in [0, 0.05) is 37.1 Å². The molecule has 1 fully saturated rings. The summed E-state index contributed by atoms with van der Waals surface area (Å²) in [6.07, 6.45) is 0.348. The van der Waals surface area contributed by atoms with Crippen molar-refractivity contribution in [2.45, 2.75) is 19.4 Å². The molecule has 1 unspecified atom stereocenters. The van der Waals surface area contributed by atoms with Gasteiger partial charge in [-0.2, -0.15) is 0 Å². The first kappa shape index (κ1) is 16.1. The Balaban J connectivity index is 1.52. The highest BCUT2D eigenvalue weighted by Crippen LogP contribution is 2.25. The lowest BCUT2D eigenvalue weighted by atomic mass is 10.1. The fraction of sp³-hybridized carbons (Fsp3) is 0.389. The third-order valence-corrected chi connectivity index (χ3v) is 5.48. The molecular formula is C18H21FN2OS. The maximum atomic E-state index is 12.9. The normalized spacial score (nSPS) is 17.2. The molecule has 3 rings (SSSR count). The van der Waals surface area contributed by atoms with Crippen LogP contribution in [0.1, 0.15) is 23.4 Å². The van der Waals surface area contributed by atoms with E-state index in [0.29, 0.717) is 12.5 Å². The number of nitrogens with zero attached hydrogens (tertiary/aromatic N) is 2. The molecule has 1 atom stereocenters. The molecule has 122 valence electrons. The Morgan fingerprint density at radius 2 is 1.87 bits per heavy atom. The molecule has 2 aromatic rings. The monoisotopic (exact) mass is 332 g/mol. The van der Waals surface area contributed by atoms with Gasteiger partial charge in [-0.05, 0) is 36.1 Å². The summed E-state index contributed by atoms with van der Waals surface area (Å²) in [4.78, 5) is 18.1.